The van der Waals surface area contributed by atoms with Crippen molar-refractivity contribution in [3.8, 4) is 0 Å². The summed E-state index contributed by atoms with van der Waals surface area (Å²) in [7, 11) is -3.12. The zero-order valence-electron chi connectivity index (χ0n) is 10.3. The Hall–Kier alpha value is -0.520. The van der Waals surface area contributed by atoms with Crippen LogP contribution in [-0.4, -0.2) is 30.6 Å². The number of rotatable bonds is 5. The van der Waals surface area contributed by atoms with E-state index in [4.69, 9.17) is 0 Å². The average Bonchev–Trinajstić information content (AvgIpc) is 2.29. The van der Waals surface area contributed by atoms with E-state index in [9.17, 15) is 13.5 Å². The standard InChI is InChI=1S/C12H18O3S2/c1-4-17(14,15)12-7-5-11(6-8-12)16-10(3)9(2)13/h5-10,13H,4H2,1-3H3. The van der Waals surface area contributed by atoms with Crippen LogP contribution in [0, 0.1) is 0 Å². The average molecular weight is 274 g/mol. The molecule has 1 aromatic rings. The minimum atomic E-state index is -3.12. The van der Waals surface area contributed by atoms with E-state index in [1.807, 2.05) is 6.92 Å². The van der Waals surface area contributed by atoms with Crippen LogP contribution in [0.25, 0.3) is 0 Å². The number of thioether (sulfide) groups is 1. The van der Waals surface area contributed by atoms with Crippen LogP contribution in [0.5, 0.6) is 0 Å². The van der Waals surface area contributed by atoms with Gasteiger partial charge in [0.05, 0.1) is 16.8 Å². The van der Waals surface area contributed by atoms with Crippen molar-refractivity contribution in [2.75, 3.05) is 5.75 Å². The van der Waals surface area contributed by atoms with Gasteiger partial charge in [0.25, 0.3) is 0 Å². The van der Waals surface area contributed by atoms with Crippen LogP contribution in [0.1, 0.15) is 20.8 Å². The van der Waals surface area contributed by atoms with Crippen molar-refractivity contribution in [3.63, 3.8) is 0 Å². The first-order valence-electron chi connectivity index (χ1n) is 5.54. The Morgan fingerprint density at radius 3 is 2.18 bits per heavy atom. The first kappa shape index (κ1) is 14.5. The highest BCUT2D eigenvalue weighted by Crippen LogP contribution is 2.26. The predicted octanol–water partition coefficient (Wildman–Crippen LogP) is 2.34. The maximum atomic E-state index is 11.6. The second kappa shape index (κ2) is 5.89. The van der Waals surface area contributed by atoms with Gasteiger partial charge < -0.3 is 5.11 Å². The Labute approximate surface area is 107 Å². The summed E-state index contributed by atoms with van der Waals surface area (Å²) >= 11 is 1.53. The minimum absolute atomic E-state index is 0.0867. The van der Waals surface area contributed by atoms with Crippen molar-refractivity contribution in [3.05, 3.63) is 24.3 Å². The van der Waals surface area contributed by atoms with E-state index < -0.39 is 9.84 Å². The van der Waals surface area contributed by atoms with Gasteiger partial charge in [0, 0.05) is 10.1 Å². The molecule has 0 saturated carbocycles. The molecule has 2 atom stereocenters. The van der Waals surface area contributed by atoms with Crippen molar-refractivity contribution in [2.45, 2.75) is 41.9 Å². The molecular formula is C12H18O3S2. The molecule has 0 aliphatic heterocycles. The molecule has 0 heterocycles. The number of aliphatic hydroxyl groups excluding tert-OH is 1. The molecule has 0 saturated heterocycles. The summed E-state index contributed by atoms with van der Waals surface area (Å²) in [5.74, 6) is 0.115. The van der Waals surface area contributed by atoms with Gasteiger partial charge in [-0.3, -0.25) is 0 Å². The molecule has 1 aromatic carbocycles. The van der Waals surface area contributed by atoms with Crippen molar-refractivity contribution in [1.82, 2.24) is 0 Å². The van der Waals surface area contributed by atoms with E-state index >= 15 is 0 Å². The van der Waals surface area contributed by atoms with Crippen molar-refractivity contribution in [1.29, 1.82) is 0 Å². The molecule has 2 unspecified atom stereocenters. The minimum Gasteiger partial charge on any atom is -0.392 e. The van der Waals surface area contributed by atoms with Gasteiger partial charge in [-0.2, -0.15) is 0 Å². The summed E-state index contributed by atoms with van der Waals surface area (Å²) in [5, 5.41) is 9.47. The summed E-state index contributed by atoms with van der Waals surface area (Å²) in [6.07, 6.45) is -0.390. The molecule has 0 aromatic heterocycles. The molecule has 1 N–H and O–H groups in total. The Morgan fingerprint density at radius 1 is 1.24 bits per heavy atom. The van der Waals surface area contributed by atoms with Gasteiger partial charge in [-0.15, -0.1) is 11.8 Å². The molecule has 0 aliphatic rings. The fourth-order valence-electron chi connectivity index (χ4n) is 1.21. The highest BCUT2D eigenvalue weighted by atomic mass is 32.2. The van der Waals surface area contributed by atoms with Crippen LogP contribution in [-0.2, 0) is 9.84 Å². The predicted molar refractivity (Wildman–Crippen MR) is 71.2 cm³/mol. The summed E-state index contributed by atoms with van der Waals surface area (Å²) in [6, 6.07) is 6.81. The Kier molecular flexibility index (Phi) is 5.04. The number of sulfone groups is 1. The summed E-state index contributed by atoms with van der Waals surface area (Å²) in [6.45, 7) is 5.31. The van der Waals surface area contributed by atoms with Gasteiger partial charge >= 0.3 is 0 Å². The molecular weight excluding hydrogens is 256 g/mol. The molecule has 0 fully saturated rings. The molecule has 0 amide bonds. The Morgan fingerprint density at radius 2 is 1.76 bits per heavy atom. The highest BCUT2D eigenvalue weighted by Gasteiger charge is 2.13. The lowest BCUT2D eigenvalue weighted by atomic mass is 10.3. The fourth-order valence-corrected chi connectivity index (χ4v) is 3.01. The lowest BCUT2D eigenvalue weighted by Crippen LogP contribution is -2.14. The monoisotopic (exact) mass is 274 g/mol. The van der Waals surface area contributed by atoms with Crippen LogP contribution in [0.4, 0.5) is 0 Å². The molecule has 17 heavy (non-hydrogen) atoms. The fraction of sp³-hybridized carbons (Fsp3) is 0.500. The van der Waals surface area contributed by atoms with Crippen LogP contribution in [0.2, 0.25) is 0 Å². The number of aliphatic hydroxyl groups is 1. The lowest BCUT2D eigenvalue weighted by molar-refractivity contribution is 0.196. The van der Waals surface area contributed by atoms with Gasteiger partial charge in [0.2, 0.25) is 0 Å². The topological polar surface area (TPSA) is 54.4 Å². The van der Waals surface area contributed by atoms with Crippen molar-refractivity contribution in [2.24, 2.45) is 0 Å². The van der Waals surface area contributed by atoms with E-state index in [-0.39, 0.29) is 17.1 Å². The highest BCUT2D eigenvalue weighted by molar-refractivity contribution is 8.00. The summed E-state index contributed by atoms with van der Waals surface area (Å²) in [5.41, 5.74) is 0. The second-order valence-corrected chi connectivity index (χ2v) is 7.67. The van der Waals surface area contributed by atoms with E-state index in [1.54, 1.807) is 38.1 Å². The van der Waals surface area contributed by atoms with Crippen LogP contribution in [0.3, 0.4) is 0 Å². The Bertz CT molecular complexity index is 449. The van der Waals surface area contributed by atoms with E-state index in [0.29, 0.717) is 4.90 Å². The van der Waals surface area contributed by atoms with E-state index in [2.05, 4.69) is 0 Å². The molecule has 0 spiro atoms. The Balaban J connectivity index is 2.82. The third-order valence-corrected chi connectivity index (χ3v) is 5.62. The van der Waals surface area contributed by atoms with Gasteiger partial charge in [0.15, 0.2) is 9.84 Å². The van der Waals surface area contributed by atoms with Crippen molar-refractivity contribution < 1.29 is 13.5 Å². The maximum absolute atomic E-state index is 11.6. The zero-order chi connectivity index (χ0) is 13.1. The molecule has 96 valence electrons. The smallest absolute Gasteiger partial charge is 0.178 e. The molecule has 0 bridgehead atoms. The van der Waals surface area contributed by atoms with Gasteiger partial charge in [-0.1, -0.05) is 13.8 Å². The third kappa shape index (κ3) is 4.01. The number of hydrogen-bond acceptors (Lipinski definition) is 4. The van der Waals surface area contributed by atoms with Gasteiger partial charge in [0.1, 0.15) is 0 Å². The largest absolute Gasteiger partial charge is 0.392 e. The normalized spacial score (nSPS) is 15.5. The molecule has 0 radical (unpaired) electrons. The molecule has 1 rings (SSSR count). The molecule has 3 nitrogen and oxygen atoms in total. The summed E-state index contributed by atoms with van der Waals surface area (Å²) < 4.78 is 23.2. The van der Waals surface area contributed by atoms with E-state index in [0.717, 1.165) is 4.90 Å². The third-order valence-electron chi connectivity index (χ3n) is 2.56. The first-order chi connectivity index (χ1) is 7.86. The number of hydrogen-bond donors (Lipinski definition) is 1. The summed E-state index contributed by atoms with van der Waals surface area (Å²) in [4.78, 5) is 1.32. The second-order valence-electron chi connectivity index (χ2n) is 3.94. The van der Waals surface area contributed by atoms with Crippen LogP contribution >= 0.6 is 11.8 Å². The van der Waals surface area contributed by atoms with E-state index in [1.165, 1.54) is 11.8 Å². The quantitative estimate of drug-likeness (QED) is 0.837. The molecule has 0 aliphatic carbocycles. The molecule has 5 heteroatoms. The number of benzene rings is 1. The van der Waals surface area contributed by atoms with Crippen molar-refractivity contribution >= 4 is 21.6 Å². The van der Waals surface area contributed by atoms with Gasteiger partial charge in [-0.25, -0.2) is 8.42 Å². The lowest BCUT2D eigenvalue weighted by Gasteiger charge is -2.14. The SMILES string of the molecule is CCS(=O)(=O)c1ccc(SC(C)C(C)O)cc1. The van der Waals surface area contributed by atoms with Crippen LogP contribution < -0.4 is 0 Å². The maximum Gasteiger partial charge on any atom is 0.178 e. The zero-order valence-corrected chi connectivity index (χ0v) is 11.9. The first-order valence-corrected chi connectivity index (χ1v) is 8.07. The van der Waals surface area contributed by atoms with Crippen LogP contribution in [0.15, 0.2) is 34.1 Å². The van der Waals surface area contributed by atoms with Gasteiger partial charge in [-0.05, 0) is 31.2 Å².